The Morgan fingerprint density at radius 2 is 1.69 bits per heavy atom. The summed E-state index contributed by atoms with van der Waals surface area (Å²) in [6.45, 7) is 0.948. The Balaban J connectivity index is 1.25. The molecule has 1 saturated carbocycles. The number of urea groups is 1. The molecule has 2 aromatic rings. The molecule has 4 amide bonds. The van der Waals surface area contributed by atoms with E-state index in [-0.39, 0.29) is 30.8 Å². The van der Waals surface area contributed by atoms with Crippen LogP contribution in [0.4, 0.5) is 21.9 Å². The third-order valence-electron chi connectivity index (χ3n) is 6.87. The number of fused-ring (bicyclic) bond motifs is 1. The van der Waals surface area contributed by atoms with Crippen molar-refractivity contribution in [1.29, 1.82) is 0 Å². The molecule has 2 fully saturated rings. The average molecular weight is 433 g/mol. The van der Waals surface area contributed by atoms with Crippen LogP contribution >= 0.6 is 0 Å². The van der Waals surface area contributed by atoms with Crippen molar-refractivity contribution in [2.45, 2.75) is 50.5 Å². The molecule has 0 bridgehead atoms. The lowest BCUT2D eigenvalue weighted by molar-refractivity contribution is -0.132. The summed E-state index contributed by atoms with van der Waals surface area (Å²) in [5.41, 5.74) is 3.38. The fourth-order valence-corrected chi connectivity index (χ4v) is 5.20. The zero-order valence-corrected chi connectivity index (χ0v) is 18.1. The van der Waals surface area contributed by atoms with Gasteiger partial charge in [0.1, 0.15) is 5.54 Å². The maximum atomic E-state index is 12.9. The minimum atomic E-state index is -0.748. The Hall–Kier alpha value is -3.35. The second-order valence-corrected chi connectivity index (χ2v) is 8.88. The van der Waals surface area contributed by atoms with Crippen LogP contribution in [-0.4, -0.2) is 41.4 Å². The molecule has 166 valence electrons. The molecule has 2 N–H and O–H groups in total. The van der Waals surface area contributed by atoms with Crippen LogP contribution in [-0.2, 0) is 16.0 Å². The molecule has 2 aliphatic heterocycles. The van der Waals surface area contributed by atoms with Crippen molar-refractivity contribution in [3.05, 3.63) is 54.1 Å². The van der Waals surface area contributed by atoms with Crippen molar-refractivity contribution in [1.82, 2.24) is 10.2 Å². The summed E-state index contributed by atoms with van der Waals surface area (Å²) < 4.78 is 0. The van der Waals surface area contributed by atoms with Gasteiger partial charge in [-0.25, -0.2) is 4.79 Å². The number of rotatable bonds is 5. The number of hydrogen-bond donors (Lipinski definition) is 2. The van der Waals surface area contributed by atoms with Crippen molar-refractivity contribution in [3.8, 4) is 0 Å². The summed E-state index contributed by atoms with van der Waals surface area (Å²) in [4.78, 5) is 41.5. The lowest BCUT2D eigenvalue weighted by Gasteiger charge is -2.30. The first-order valence-electron chi connectivity index (χ1n) is 11.5. The molecule has 0 unspecified atom stereocenters. The van der Waals surface area contributed by atoms with Gasteiger partial charge in [0, 0.05) is 25.2 Å². The molecule has 1 spiro atoms. The van der Waals surface area contributed by atoms with Crippen LogP contribution in [0.15, 0.2) is 48.5 Å². The lowest BCUT2D eigenvalue weighted by atomic mass is 9.82. The minimum absolute atomic E-state index is 0.0696. The molecule has 32 heavy (non-hydrogen) atoms. The number of imide groups is 1. The van der Waals surface area contributed by atoms with Crippen molar-refractivity contribution in [2.75, 3.05) is 23.3 Å². The third-order valence-corrected chi connectivity index (χ3v) is 6.87. The van der Waals surface area contributed by atoms with Crippen LogP contribution in [0.3, 0.4) is 0 Å². The largest absolute Gasteiger partial charge is 0.339 e. The number of para-hydroxylation sites is 3. The molecular formula is C25H28N4O3. The Morgan fingerprint density at radius 3 is 2.50 bits per heavy atom. The molecule has 7 heteroatoms. The molecule has 0 radical (unpaired) electrons. The van der Waals surface area contributed by atoms with Crippen LogP contribution in [0.25, 0.3) is 0 Å². The predicted octanol–water partition coefficient (Wildman–Crippen LogP) is 3.96. The minimum Gasteiger partial charge on any atom is -0.339 e. The van der Waals surface area contributed by atoms with E-state index in [1.807, 2.05) is 36.4 Å². The van der Waals surface area contributed by atoms with E-state index >= 15 is 0 Å². The van der Waals surface area contributed by atoms with Gasteiger partial charge in [0.15, 0.2) is 0 Å². The first-order chi connectivity index (χ1) is 15.6. The number of anilines is 3. The highest BCUT2D eigenvalue weighted by Gasteiger charge is 2.51. The van der Waals surface area contributed by atoms with E-state index in [0.29, 0.717) is 12.8 Å². The van der Waals surface area contributed by atoms with Gasteiger partial charge in [0.2, 0.25) is 5.91 Å². The van der Waals surface area contributed by atoms with Gasteiger partial charge in [-0.05, 0) is 43.0 Å². The molecule has 2 heterocycles. The van der Waals surface area contributed by atoms with Crippen LogP contribution in [0.5, 0.6) is 0 Å². The standard InChI is InChI=1S/C25H28N4O3/c30-22(13-17-29-23(31)25(27-24(29)32)14-6-1-7-15-25)26-19-9-3-5-11-21(19)28-16-12-18-8-2-4-10-20(18)28/h2-5,8-11H,1,6-7,12-17H2,(H,26,30)(H,27,32). The van der Waals surface area contributed by atoms with E-state index < -0.39 is 5.54 Å². The number of carbonyl (C=O) groups excluding carboxylic acids is 3. The summed E-state index contributed by atoms with van der Waals surface area (Å²) in [7, 11) is 0. The Kier molecular flexibility index (Phi) is 5.33. The van der Waals surface area contributed by atoms with E-state index in [9.17, 15) is 14.4 Å². The quantitative estimate of drug-likeness (QED) is 0.701. The Morgan fingerprint density at radius 1 is 0.969 bits per heavy atom. The first-order valence-corrected chi connectivity index (χ1v) is 11.5. The van der Waals surface area contributed by atoms with Gasteiger partial charge in [-0.1, -0.05) is 49.6 Å². The summed E-state index contributed by atoms with van der Waals surface area (Å²) in [5.74, 6) is -0.390. The monoisotopic (exact) mass is 432 g/mol. The number of benzene rings is 2. The highest BCUT2D eigenvalue weighted by Crippen LogP contribution is 2.38. The van der Waals surface area contributed by atoms with Crippen molar-refractivity contribution >= 4 is 34.9 Å². The Labute approximate surface area is 187 Å². The van der Waals surface area contributed by atoms with Crippen LogP contribution in [0.2, 0.25) is 0 Å². The normalized spacial score (nSPS) is 19.2. The number of hydrogen-bond acceptors (Lipinski definition) is 4. The summed E-state index contributed by atoms with van der Waals surface area (Å²) in [5, 5.41) is 5.89. The molecule has 5 rings (SSSR count). The fraction of sp³-hybridized carbons (Fsp3) is 0.400. The summed E-state index contributed by atoms with van der Waals surface area (Å²) >= 11 is 0. The number of amides is 4. The lowest BCUT2D eigenvalue weighted by Crippen LogP contribution is -2.48. The fourth-order valence-electron chi connectivity index (χ4n) is 5.20. The van der Waals surface area contributed by atoms with E-state index in [0.717, 1.165) is 49.3 Å². The number of nitrogens with zero attached hydrogens (tertiary/aromatic N) is 2. The maximum absolute atomic E-state index is 12.9. The molecule has 7 nitrogen and oxygen atoms in total. The average Bonchev–Trinajstić information content (AvgIpc) is 3.32. The predicted molar refractivity (Wildman–Crippen MR) is 123 cm³/mol. The zero-order chi connectivity index (χ0) is 22.1. The molecule has 3 aliphatic rings. The molecule has 0 aromatic heterocycles. The molecule has 0 atom stereocenters. The molecule has 1 aliphatic carbocycles. The number of carbonyl (C=O) groups is 3. The summed E-state index contributed by atoms with van der Waals surface area (Å²) in [6.07, 6.45) is 5.38. The van der Waals surface area contributed by atoms with Crippen LogP contribution < -0.4 is 15.5 Å². The van der Waals surface area contributed by atoms with Crippen molar-refractivity contribution in [2.24, 2.45) is 0 Å². The molecular weight excluding hydrogens is 404 g/mol. The SMILES string of the molecule is O=C(CCN1C(=O)NC2(CCCCC2)C1=O)Nc1ccccc1N1CCc2ccccc21. The van der Waals surface area contributed by atoms with Crippen LogP contribution in [0, 0.1) is 0 Å². The second-order valence-electron chi connectivity index (χ2n) is 8.88. The van der Waals surface area contributed by atoms with E-state index in [2.05, 4.69) is 27.7 Å². The molecule has 2 aromatic carbocycles. The second kappa shape index (κ2) is 8.30. The van der Waals surface area contributed by atoms with E-state index in [4.69, 9.17) is 0 Å². The highest BCUT2D eigenvalue weighted by atomic mass is 16.2. The third kappa shape index (κ3) is 3.61. The topological polar surface area (TPSA) is 81.8 Å². The van der Waals surface area contributed by atoms with Crippen LogP contribution in [0.1, 0.15) is 44.1 Å². The number of nitrogens with one attached hydrogen (secondary N) is 2. The van der Waals surface area contributed by atoms with Gasteiger partial charge in [-0.15, -0.1) is 0 Å². The van der Waals surface area contributed by atoms with Gasteiger partial charge >= 0.3 is 6.03 Å². The van der Waals surface area contributed by atoms with Gasteiger partial charge in [0.05, 0.1) is 11.4 Å². The van der Waals surface area contributed by atoms with Crippen molar-refractivity contribution < 1.29 is 14.4 Å². The van der Waals surface area contributed by atoms with Gasteiger partial charge < -0.3 is 15.5 Å². The highest BCUT2D eigenvalue weighted by molar-refractivity contribution is 6.07. The molecule has 1 saturated heterocycles. The maximum Gasteiger partial charge on any atom is 0.325 e. The van der Waals surface area contributed by atoms with Gasteiger partial charge in [0.25, 0.3) is 5.91 Å². The summed E-state index contributed by atoms with van der Waals surface area (Å²) in [6, 6.07) is 15.7. The van der Waals surface area contributed by atoms with E-state index in [1.54, 1.807) is 0 Å². The van der Waals surface area contributed by atoms with Gasteiger partial charge in [-0.3, -0.25) is 14.5 Å². The van der Waals surface area contributed by atoms with Gasteiger partial charge in [-0.2, -0.15) is 0 Å². The smallest absolute Gasteiger partial charge is 0.325 e. The zero-order valence-electron chi connectivity index (χ0n) is 18.1. The Bertz CT molecular complexity index is 1060. The first kappa shape index (κ1) is 20.5. The van der Waals surface area contributed by atoms with Crippen molar-refractivity contribution in [3.63, 3.8) is 0 Å². The van der Waals surface area contributed by atoms with E-state index in [1.165, 1.54) is 10.5 Å².